The van der Waals surface area contributed by atoms with E-state index in [2.05, 4.69) is 23.6 Å². The molecule has 3 rings (SSSR count). The maximum absolute atomic E-state index is 10.5. The molecule has 0 radical (unpaired) electrons. The van der Waals surface area contributed by atoms with Gasteiger partial charge in [-0.3, -0.25) is 9.80 Å². The van der Waals surface area contributed by atoms with Crippen LogP contribution in [0.4, 0.5) is 0 Å². The van der Waals surface area contributed by atoms with Crippen LogP contribution in [-0.2, 0) is 4.74 Å². The number of nitrogens with zero attached hydrogens (tertiary/aromatic N) is 2. The van der Waals surface area contributed by atoms with Crippen molar-refractivity contribution in [1.29, 1.82) is 0 Å². The van der Waals surface area contributed by atoms with Crippen LogP contribution in [-0.4, -0.2) is 72.0 Å². The van der Waals surface area contributed by atoms with E-state index in [-0.39, 0.29) is 18.3 Å². The van der Waals surface area contributed by atoms with E-state index in [0.29, 0.717) is 0 Å². The van der Waals surface area contributed by atoms with Gasteiger partial charge in [0.15, 0.2) is 0 Å². The molecule has 0 aromatic rings. The van der Waals surface area contributed by atoms with Gasteiger partial charge in [-0.1, -0.05) is 6.42 Å². The van der Waals surface area contributed by atoms with E-state index in [1.807, 2.05) is 0 Å². The third-order valence-corrected chi connectivity index (χ3v) is 5.52. The molecular weight excluding hydrogens is 264 g/mol. The molecule has 122 valence electrons. The Morgan fingerprint density at radius 3 is 2.38 bits per heavy atom. The highest BCUT2D eigenvalue weighted by Gasteiger charge is 2.35. The molecule has 2 heterocycles. The van der Waals surface area contributed by atoms with Crippen molar-refractivity contribution in [3.63, 3.8) is 0 Å². The van der Waals surface area contributed by atoms with Crippen LogP contribution >= 0.6 is 0 Å². The van der Waals surface area contributed by atoms with Crippen molar-refractivity contribution in [3.8, 4) is 0 Å². The average molecular weight is 296 g/mol. The molecule has 2 aliphatic heterocycles. The lowest BCUT2D eigenvalue weighted by molar-refractivity contribution is -0.0786. The van der Waals surface area contributed by atoms with Gasteiger partial charge in [0, 0.05) is 32.2 Å². The number of ether oxygens (including phenoxy) is 1. The first-order valence-corrected chi connectivity index (χ1v) is 8.91. The van der Waals surface area contributed by atoms with Gasteiger partial charge in [0.05, 0.1) is 18.3 Å². The van der Waals surface area contributed by atoms with Gasteiger partial charge in [-0.25, -0.2) is 0 Å². The Hall–Kier alpha value is -0.160. The van der Waals surface area contributed by atoms with Gasteiger partial charge in [0.25, 0.3) is 0 Å². The van der Waals surface area contributed by atoms with Crippen molar-refractivity contribution < 1.29 is 9.84 Å². The molecule has 4 atom stereocenters. The summed E-state index contributed by atoms with van der Waals surface area (Å²) in [5.41, 5.74) is 0. The highest BCUT2D eigenvalue weighted by atomic mass is 16.5. The molecule has 0 amide bonds. The summed E-state index contributed by atoms with van der Waals surface area (Å²) in [4.78, 5) is 4.94. The number of morpholine rings is 1. The zero-order chi connectivity index (χ0) is 14.8. The molecule has 2 saturated heterocycles. The van der Waals surface area contributed by atoms with Crippen LogP contribution in [0.5, 0.6) is 0 Å². The van der Waals surface area contributed by atoms with Crippen LogP contribution < -0.4 is 0 Å². The molecule has 3 fully saturated rings. The van der Waals surface area contributed by atoms with Gasteiger partial charge >= 0.3 is 0 Å². The van der Waals surface area contributed by atoms with E-state index in [0.717, 1.165) is 38.1 Å². The third kappa shape index (κ3) is 3.98. The zero-order valence-electron chi connectivity index (χ0n) is 13.7. The van der Waals surface area contributed by atoms with Crippen LogP contribution in [0.1, 0.15) is 46.0 Å². The van der Waals surface area contributed by atoms with Crippen LogP contribution in [0.15, 0.2) is 0 Å². The third-order valence-electron chi connectivity index (χ3n) is 5.52. The van der Waals surface area contributed by atoms with E-state index in [4.69, 9.17) is 4.74 Å². The van der Waals surface area contributed by atoms with Crippen molar-refractivity contribution in [3.05, 3.63) is 0 Å². The fourth-order valence-corrected chi connectivity index (χ4v) is 4.50. The molecule has 21 heavy (non-hydrogen) atoms. The van der Waals surface area contributed by atoms with Gasteiger partial charge in [-0.15, -0.1) is 0 Å². The van der Waals surface area contributed by atoms with Crippen LogP contribution in [0, 0.1) is 5.92 Å². The summed E-state index contributed by atoms with van der Waals surface area (Å²) in [7, 11) is 0. The van der Waals surface area contributed by atoms with E-state index < -0.39 is 0 Å². The molecular formula is C17H32N2O2. The number of rotatable bonds is 5. The lowest BCUT2D eigenvalue weighted by Gasteiger charge is -2.39. The fraction of sp³-hybridized carbons (Fsp3) is 1.00. The maximum Gasteiger partial charge on any atom is 0.0793 e. The van der Waals surface area contributed by atoms with Crippen molar-refractivity contribution >= 4 is 0 Å². The Bertz CT molecular complexity index is 325. The molecule has 0 aromatic heterocycles. The largest absolute Gasteiger partial charge is 0.390 e. The van der Waals surface area contributed by atoms with E-state index in [1.54, 1.807) is 0 Å². The minimum absolute atomic E-state index is 0.219. The summed E-state index contributed by atoms with van der Waals surface area (Å²) in [5, 5.41) is 10.5. The summed E-state index contributed by atoms with van der Waals surface area (Å²) in [6.07, 6.45) is 7.27. The second-order valence-corrected chi connectivity index (χ2v) is 7.53. The second-order valence-electron chi connectivity index (χ2n) is 7.53. The summed E-state index contributed by atoms with van der Waals surface area (Å²) >= 11 is 0. The Labute approximate surface area is 129 Å². The lowest BCUT2D eigenvalue weighted by atomic mass is 9.79. The van der Waals surface area contributed by atoms with Crippen LogP contribution in [0.2, 0.25) is 0 Å². The Balaban J connectivity index is 1.45. The summed E-state index contributed by atoms with van der Waals surface area (Å²) in [5.74, 6) is 0.920. The molecule has 3 aliphatic rings. The van der Waals surface area contributed by atoms with E-state index in [1.165, 1.54) is 38.6 Å². The lowest BCUT2D eigenvalue weighted by Crippen LogP contribution is -2.50. The van der Waals surface area contributed by atoms with E-state index >= 15 is 0 Å². The second kappa shape index (κ2) is 6.95. The molecule has 0 aromatic carbocycles. The standard InChI is InChI=1S/C17H32N2O2/c1-13-9-18(10-14(2)21-13)11-16(20)12-19-8-4-7-17(19)15-5-3-6-15/h13-17,20H,3-12H2,1-2H3. The number of aliphatic hydroxyl groups excluding tert-OH is 1. The first-order chi connectivity index (χ1) is 10.1. The monoisotopic (exact) mass is 296 g/mol. The molecule has 4 unspecified atom stereocenters. The van der Waals surface area contributed by atoms with Crippen molar-refractivity contribution in [2.75, 3.05) is 32.7 Å². The van der Waals surface area contributed by atoms with Crippen LogP contribution in [0.25, 0.3) is 0 Å². The van der Waals surface area contributed by atoms with Gasteiger partial charge in [0.2, 0.25) is 0 Å². The first kappa shape index (κ1) is 15.7. The molecule has 4 nitrogen and oxygen atoms in total. The van der Waals surface area contributed by atoms with Gasteiger partial charge in [0.1, 0.15) is 0 Å². The average Bonchev–Trinajstić information content (AvgIpc) is 2.73. The van der Waals surface area contributed by atoms with E-state index in [9.17, 15) is 5.11 Å². The topological polar surface area (TPSA) is 35.9 Å². The molecule has 1 aliphatic carbocycles. The number of likely N-dealkylation sites (tertiary alicyclic amines) is 1. The summed E-state index contributed by atoms with van der Waals surface area (Å²) < 4.78 is 5.77. The number of hydrogen-bond donors (Lipinski definition) is 1. The molecule has 4 heteroatoms. The first-order valence-electron chi connectivity index (χ1n) is 8.91. The smallest absolute Gasteiger partial charge is 0.0793 e. The zero-order valence-corrected chi connectivity index (χ0v) is 13.7. The SMILES string of the molecule is CC1CN(CC(O)CN2CCCC2C2CCC2)CC(C)O1. The Morgan fingerprint density at radius 1 is 1.05 bits per heavy atom. The molecule has 1 saturated carbocycles. The van der Waals surface area contributed by atoms with Crippen molar-refractivity contribution in [2.24, 2.45) is 5.92 Å². The predicted molar refractivity (Wildman–Crippen MR) is 84.4 cm³/mol. The highest BCUT2D eigenvalue weighted by Crippen LogP contribution is 2.37. The molecule has 0 spiro atoms. The predicted octanol–water partition coefficient (Wildman–Crippen LogP) is 1.72. The maximum atomic E-state index is 10.5. The van der Waals surface area contributed by atoms with Gasteiger partial charge in [-0.2, -0.15) is 0 Å². The molecule has 0 bridgehead atoms. The van der Waals surface area contributed by atoms with Gasteiger partial charge < -0.3 is 9.84 Å². The Morgan fingerprint density at radius 2 is 1.76 bits per heavy atom. The minimum Gasteiger partial charge on any atom is -0.390 e. The Kier molecular flexibility index (Phi) is 5.20. The quantitative estimate of drug-likeness (QED) is 0.838. The van der Waals surface area contributed by atoms with Crippen LogP contribution in [0.3, 0.4) is 0 Å². The molecule has 1 N–H and O–H groups in total. The van der Waals surface area contributed by atoms with Crippen molar-refractivity contribution in [2.45, 2.75) is 70.3 Å². The summed E-state index contributed by atoms with van der Waals surface area (Å²) in [6, 6.07) is 0.760. The number of aliphatic hydroxyl groups is 1. The minimum atomic E-state index is -0.219. The number of hydrogen-bond acceptors (Lipinski definition) is 4. The van der Waals surface area contributed by atoms with Crippen molar-refractivity contribution in [1.82, 2.24) is 9.80 Å². The highest BCUT2D eigenvalue weighted by molar-refractivity contribution is 4.90. The fourth-order valence-electron chi connectivity index (χ4n) is 4.50. The summed E-state index contributed by atoms with van der Waals surface area (Å²) in [6.45, 7) is 9.01. The number of β-amino-alcohol motifs (C(OH)–C–C–N with tert-alkyl or cyclic N) is 1. The normalized spacial score (nSPS) is 37.6. The van der Waals surface area contributed by atoms with Gasteiger partial charge in [-0.05, 0) is 52.0 Å².